The molecule has 6 nitrogen and oxygen atoms in total. The molecule has 0 atom stereocenters. The molecule has 0 saturated carbocycles. The summed E-state index contributed by atoms with van der Waals surface area (Å²) in [6.45, 7) is 10.1. The number of aromatic nitrogens is 3. The van der Waals surface area contributed by atoms with E-state index in [-0.39, 0.29) is 0 Å². The first-order valence-electron chi connectivity index (χ1n) is 7.05. The van der Waals surface area contributed by atoms with Crippen molar-refractivity contribution < 1.29 is 0 Å². The summed E-state index contributed by atoms with van der Waals surface area (Å²) >= 11 is 0. The average molecular weight is 278 g/mol. The van der Waals surface area contributed by atoms with Gasteiger partial charge in [0.2, 0.25) is 0 Å². The van der Waals surface area contributed by atoms with Gasteiger partial charge in [-0.2, -0.15) is 0 Å². The second-order valence-corrected chi connectivity index (χ2v) is 4.81. The van der Waals surface area contributed by atoms with Gasteiger partial charge in [0.25, 0.3) is 0 Å². The zero-order chi connectivity index (χ0) is 15.0. The van der Waals surface area contributed by atoms with Crippen molar-refractivity contribution in [2.45, 2.75) is 33.2 Å². The summed E-state index contributed by atoms with van der Waals surface area (Å²) in [4.78, 5) is 6.75. The average Bonchev–Trinajstić information content (AvgIpc) is 2.76. The molecule has 1 heterocycles. The Morgan fingerprint density at radius 2 is 2.25 bits per heavy atom. The van der Waals surface area contributed by atoms with Crippen LogP contribution in [0.3, 0.4) is 0 Å². The van der Waals surface area contributed by atoms with Gasteiger partial charge in [-0.05, 0) is 13.3 Å². The number of rotatable bonds is 7. The minimum Gasteiger partial charge on any atom is -0.353 e. The van der Waals surface area contributed by atoms with Crippen LogP contribution in [0.15, 0.2) is 17.6 Å². The maximum absolute atomic E-state index is 4.62. The molecule has 1 rings (SSSR count). The molecule has 0 amide bonds. The number of hydrogen-bond donors (Lipinski definition) is 1. The van der Waals surface area contributed by atoms with Gasteiger partial charge in [0.1, 0.15) is 12.4 Å². The van der Waals surface area contributed by atoms with Crippen molar-refractivity contribution in [1.82, 2.24) is 25.0 Å². The SMILES string of the molecule is C=CCNC(=NCc1nnc(C)n1C)N(C)CCCC. The zero-order valence-corrected chi connectivity index (χ0v) is 13.1. The van der Waals surface area contributed by atoms with Crippen LogP contribution < -0.4 is 5.32 Å². The molecule has 0 fully saturated rings. The van der Waals surface area contributed by atoms with E-state index < -0.39 is 0 Å². The van der Waals surface area contributed by atoms with E-state index in [0.29, 0.717) is 13.1 Å². The van der Waals surface area contributed by atoms with Crippen molar-refractivity contribution in [3.8, 4) is 0 Å². The van der Waals surface area contributed by atoms with Gasteiger partial charge in [-0.3, -0.25) is 0 Å². The summed E-state index contributed by atoms with van der Waals surface area (Å²) in [6, 6.07) is 0. The predicted molar refractivity (Wildman–Crippen MR) is 82.6 cm³/mol. The predicted octanol–water partition coefficient (Wildman–Crippen LogP) is 1.49. The lowest BCUT2D eigenvalue weighted by Crippen LogP contribution is -2.39. The first kappa shape index (κ1) is 16.2. The molecule has 0 aliphatic rings. The zero-order valence-electron chi connectivity index (χ0n) is 13.1. The van der Waals surface area contributed by atoms with Crippen LogP contribution in [0.1, 0.15) is 31.4 Å². The van der Waals surface area contributed by atoms with Crippen LogP contribution in [0.2, 0.25) is 0 Å². The molecule has 0 aromatic carbocycles. The van der Waals surface area contributed by atoms with E-state index >= 15 is 0 Å². The van der Waals surface area contributed by atoms with Gasteiger partial charge in [0.15, 0.2) is 11.8 Å². The molecule has 0 unspecified atom stereocenters. The van der Waals surface area contributed by atoms with Crippen LogP contribution in [0, 0.1) is 6.92 Å². The van der Waals surface area contributed by atoms with Crippen molar-refractivity contribution >= 4 is 5.96 Å². The van der Waals surface area contributed by atoms with E-state index in [1.807, 2.05) is 31.7 Å². The lowest BCUT2D eigenvalue weighted by Gasteiger charge is -2.21. The number of unbranched alkanes of at least 4 members (excludes halogenated alkanes) is 1. The van der Waals surface area contributed by atoms with Gasteiger partial charge in [-0.25, -0.2) is 4.99 Å². The van der Waals surface area contributed by atoms with Crippen LogP contribution in [-0.2, 0) is 13.6 Å². The highest BCUT2D eigenvalue weighted by atomic mass is 15.3. The Kier molecular flexibility index (Phi) is 6.76. The third-order valence-electron chi connectivity index (χ3n) is 3.17. The molecule has 0 aliphatic heterocycles. The van der Waals surface area contributed by atoms with Crippen LogP contribution in [0.25, 0.3) is 0 Å². The molecule has 1 aromatic heterocycles. The van der Waals surface area contributed by atoms with Crippen molar-refractivity contribution in [2.75, 3.05) is 20.1 Å². The topological polar surface area (TPSA) is 58.3 Å². The van der Waals surface area contributed by atoms with Crippen LogP contribution in [0.5, 0.6) is 0 Å². The van der Waals surface area contributed by atoms with E-state index in [1.165, 1.54) is 6.42 Å². The quantitative estimate of drug-likeness (QED) is 0.466. The number of guanidine groups is 1. The normalized spacial score (nSPS) is 11.5. The monoisotopic (exact) mass is 278 g/mol. The van der Waals surface area contributed by atoms with Gasteiger partial charge in [-0.15, -0.1) is 16.8 Å². The van der Waals surface area contributed by atoms with Gasteiger partial charge in [-0.1, -0.05) is 19.4 Å². The highest BCUT2D eigenvalue weighted by molar-refractivity contribution is 5.79. The first-order valence-corrected chi connectivity index (χ1v) is 7.05. The Labute approximate surface area is 121 Å². The number of nitrogens with zero attached hydrogens (tertiary/aromatic N) is 5. The second kappa shape index (κ2) is 8.35. The summed E-state index contributed by atoms with van der Waals surface area (Å²) < 4.78 is 1.96. The second-order valence-electron chi connectivity index (χ2n) is 4.81. The summed E-state index contributed by atoms with van der Waals surface area (Å²) in [6.07, 6.45) is 4.14. The smallest absolute Gasteiger partial charge is 0.194 e. The third-order valence-corrected chi connectivity index (χ3v) is 3.17. The van der Waals surface area contributed by atoms with E-state index in [2.05, 4.69) is 38.9 Å². The molecular weight excluding hydrogens is 252 g/mol. The molecule has 0 saturated heterocycles. The van der Waals surface area contributed by atoms with Gasteiger partial charge >= 0.3 is 0 Å². The fourth-order valence-electron chi connectivity index (χ4n) is 1.71. The summed E-state index contributed by atoms with van der Waals surface area (Å²) in [5, 5.41) is 11.4. The van der Waals surface area contributed by atoms with Crippen LogP contribution in [0.4, 0.5) is 0 Å². The number of aryl methyl sites for hydroxylation is 1. The molecule has 112 valence electrons. The molecule has 6 heteroatoms. The maximum atomic E-state index is 4.62. The Morgan fingerprint density at radius 1 is 1.50 bits per heavy atom. The lowest BCUT2D eigenvalue weighted by molar-refractivity contribution is 0.465. The van der Waals surface area contributed by atoms with Crippen molar-refractivity contribution in [1.29, 1.82) is 0 Å². The van der Waals surface area contributed by atoms with Crippen molar-refractivity contribution in [3.63, 3.8) is 0 Å². The minimum absolute atomic E-state index is 0.521. The molecule has 20 heavy (non-hydrogen) atoms. The maximum Gasteiger partial charge on any atom is 0.194 e. The summed E-state index contributed by atoms with van der Waals surface area (Å²) in [5.74, 6) is 2.64. The number of hydrogen-bond acceptors (Lipinski definition) is 3. The fraction of sp³-hybridized carbons (Fsp3) is 0.643. The third kappa shape index (κ3) is 4.68. The van der Waals surface area contributed by atoms with E-state index in [1.54, 1.807) is 0 Å². The van der Waals surface area contributed by atoms with Crippen molar-refractivity contribution in [2.24, 2.45) is 12.0 Å². The first-order chi connectivity index (χ1) is 9.60. The highest BCUT2D eigenvalue weighted by Crippen LogP contribution is 2.00. The molecule has 0 aliphatic carbocycles. The van der Waals surface area contributed by atoms with Gasteiger partial charge < -0.3 is 14.8 Å². The molecule has 0 bridgehead atoms. The Hall–Kier alpha value is -1.85. The van der Waals surface area contributed by atoms with Gasteiger partial charge in [0, 0.05) is 27.2 Å². The minimum atomic E-state index is 0.521. The lowest BCUT2D eigenvalue weighted by atomic mass is 10.3. The molecule has 0 radical (unpaired) electrons. The molecular formula is C14H26N6. The molecule has 1 N–H and O–H groups in total. The van der Waals surface area contributed by atoms with Gasteiger partial charge in [0.05, 0.1) is 0 Å². The Balaban J connectivity index is 2.73. The van der Waals surface area contributed by atoms with Crippen LogP contribution in [-0.4, -0.2) is 45.8 Å². The Morgan fingerprint density at radius 3 is 2.80 bits per heavy atom. The van der Waals surface area contributed by atoms with E-state index in [4.69, 9.17) is 0 Å². The van der Waals surface area contributed by atoms with E-state index in [0.717, 1.165) is 30.6 Å². The van der Waals surface area contributed by atoms with Crippen molar-refractivity contribution in [3.05, 3.63) is 24.3 Å². The molecule has 0 spiro atoms. The summed E-state index contributed by atoms with van der Waals surface area (Å²) in [7, 11) is 4.00. The standard InChI is InChI=1S/C14H26N6/c1-6-8-10-19(4)14(15-9-7-2)16-11-13-18-17-12(3)20(13)5/h7H,2,6,8-11H2,1,3-5H3,(H,15,16). The fourth-order valence-corrected chi connectivity index (χ4v) is 1.71. The highest BCUT2D eigenvalue weighted by Gasteiger charge is 2.07. The van der Waals surface area contributed by atoms with E-state index in [9.17, 15) is 0 Å². The number of aliphatic imine (C=N–C) groups is 1. The molecule has 1 aromatic rings. The largest absolute Gasteiger partial charge is 0.353 e. The summed E-state index contributed by atoms with van der Waals surface area (Å²) in [5.41, 5.74) is 0. The number of nitrogens with one attached hydrogen (secondary N) is 1. The van der Waals surface area contributed by atoms with Crippen LogP contribution >= 0.6 is 0 Å². The Bertz CT molecular complexity index is 449.